The fourth-order valence-corrected chi connectivity index (χ4v) is 2.50. The van der Waals surface area contributed by atoms with E-state index >= 15 is 0 Å². The molecule has 0 radical (unpaired) electrons. The molecular formula is C14H17N5O. The Hall–Kier alpha value is -2.34. The summed E-state index contributed by atoms with van der Waals surface area (Å²) in [6.07, 6.45) is 4.39. The molecule has 1 aliphatic heterocycles. The number of nitriles is 2. The van der Waals surface area contributed by atoms with Gasteiger partial charge in [-0.25, -0.2) is 4.98 Å². The van der Waals surface area contributed by atoms with Crippen molar-refractivity contribution in [2.75, 3.05) is 13.1 Å². The maximum atomic E-state index is 12.3. The molecule has 1 fully saturated rings. The monoisotopic (exact) mass is 271 g/mol. The van der Waals surface area contributed by atoms with Gasteiger partial charge in [-0.3, -0.25) is 4.79 Å². The molecule has 0 bridgehead atoms. The third-order valence-corrected chi connectivity index (χ3v) is 3.62. The number of amides is 1. The predicted molar refractivity (Wildman–Crippen MR) is 71.4 cm³/mol. The Morgan fingerprint density at radius 2 is 1.85 bits per heavy atom. The fourth-order valence-electron chi connectivity index (χ4n) is 2.50. The number of rotatable bonds is 2. The molecular weight excluding hydrogens is 254 g/mol. The summed E-state index contributed by atoms with van der Waals surface area (Å²) in [6.45, 7) is 3.35. The molecule has 6 heteroatoms. The number of carbonyl (C=O) groups is 1. The minimum Gasteiger partial charge on any atom is -0.341 e. The van der Waals surface area contributed by atoms with Crippen molar-refractivity contribution in [1.29, 1.82) is 10.5 Å². The zero-order chi connectivity index (χ0) is 14.5. The van der Waals surface area contributed by atoms with Crippen molar-refractivity contribution in [1.82, 2.24) is 14.5 Å². The van der Waals surface area contributed by atoms with Gasteiger partial charge in [-0.1, -0.05) is 12.8 Å². The minimum atomic E-state index is -0.00612. The highest BCUT2D eigenvalue weighted by molar-refractivity contribution is 5.76. The lowest BCUT2D eigenvalue weighted by molar-refractivity contribution is -0.131. The van der Waals surface area contributed by atoms with Crippen LogP contribution >= 0.6 is 0 Å². The summed E-state index contributed by atoms with van der Waals surface area (Å²) in [7, 11) is 0. The van der Waals surface area contributed by atoms with Gasteiger partial charge in [-0.05, 0) is 19.8 Å². The first-order valence-electron chi connectivity index (χ1n) is 6.82. The van der Waals surface area contributed by atoms with Crippen LogP contribution in [-0.4, -0.2) is 33.4 Å². The molecule has 1 amide bonds. The van der Waals surface area contributed by atoms with Gasteiger partial charge in [0, 0.05) is 13.1 Å². The zero-order valence-corrected chi connectivity index (χ0v) is 11.6. The van der Waals surface area contributed by atoms with E-state index in [9.17, 15) is 4.79 Å². The molecule has 0 aliphatic carbocycles. The molecule has 1 aliphatic rings. The topological polar surface area (TPSA) is 85.7 Å². The fraction of sp³-hybridized carbons (Fsp3) is 0.571. The average Bonchev–Trinajstić information content (AvgIpc) is 2.64. The molecule has 1 saturated heterocycles. The molecule has 6 nitrogen and oxygen atoms in total. The Bertz CT molecular complexity index is 582. The van der Waals surface area contributed by atoms with E-state index < -0.39 is 0 Å². The highest BCUT2D eigenvalue weighted by atomic mass is 16.2. The number of nitrogens with zero attached hydrogens (tertiary/aromatic N) is 5. The van der Waals surface area contributed by atoms with Crippen LogP contribution in [0.5, 0.6) is 0 Å². The SMILES string of the molecule is Cc1nc(C#N)c(C#N)n1CC(=O)N1CCCCCC1. The summed E-state index contributed by atoms with van der Waals surface area (Å²) < 4.78 is 1.53. The minimum absolute atomic E-state index is 0.00612. The lowest BCUT2D eigenvalue weighted by Gasteiger charge is -2.21. The van der Waals surface area contributed by atoms with Gasteiger partial charge in [-0.15, -0.1) is 0 Å². The van der Waals surface area contributed by atoms with E-state index in [0.29, 0.717) is 5.82 Å². The number of likely N-dealkylation sites (tertiary alicyclic amines) is 1. The zero-order valence-electron chi connectivity index (χ0n) is 11.6. The van der Waals surface area contributed by atoms with Gasteiger partial charge in [-0.2, -0.15) is 10.5 Å². The molecule has 0 atom stereocenters. The number of hydrogen-bond donors (Lipinski definition) is 0. The first-order chi connectivity index (χ1) is 9.67. The molecule has 1 aromatic heterocycles. The van der Waals surface area contributed by atoms with E-state index in [4.69, 9.17) is 10.5 Å². The highest BCUT2D eigenvalue weighted by Crippen LogP contribution is 2.13. The van der Waals surface area contributed by atoms with E-state index in [1.165, 1.54) is 4.57 Å². The molecule has 0 aromatic carbocycles. The van der Waals surface area contributed by atoms with Crippen molar-refractivity contribution in [2.24, 2.45) is 0 Å². The van der Waals surface area contributed by atoms with Crippen molar-refractivity contribution < 1.29 is 4.79 Å². The normalized spacial score (nSPS) is 15.2. The van der Waals surface area contributed by atoms with Crippen molar-refractivity contribution in [3.8, 4) is 12.1 Å². The Labute approximate surface area is 118 Å². The first-order valence-corrected chi connectivity index (χ1v) is 6.82. The standard InChI is InChI=1S/C14H17N5O/c1-11-17-12(8-15)13(9-16)19(11)10-14(20)18-6-4-2-3-5-7-18/h2-7,10H2,1H3. The number of hydrogen-bond acceptors (Lipinski definition) is 4. The van der Waals surface area contributed by atoms with E-state index in [1.807, 2.05) is 17.0 Å². The van der Waals surface area contributed by atoms with E-state index in [-0.39, 0.29) is 23.8 Å². The lowest BCUT2D eigenvalue weighted by Crippen LogP contribution is -2.35. The van der Waals surface area contributed by atoms with Gasteiger partial charge in [0.05, 0.1) is 0 Å². The van der Waals surface area contributed by atoms with Crippen LogP contribution in [0.15, 0.2) is 0 Å². The van der Waals surface area contributed by atoms with Crippen LogP contribution in [0.3, 0.4) is 0 Å². The lowest BCUT2D eigenvalue weighted by atomic mass is 10.2. The summed E-state index contributed by atoms with van der Waals surface area (Å²) in [5, 5.41) is 18.1. The van der Waals surface area contributed by atoms with E-state index in [2.05, 4.69) is 4.98 Å². The third-order valence-electron chi connectivity index (χ3n) is 3.62. The molecule has 0 saturated carbocycles. The van der Waals surface area contributed by atoms with Crippen LogP contribution in [0, 0.1) is 29.6 Å². The summed E-state index contributed by atoms with van der Waals surface area (Å²) in [4.78, 5) is 18.2. The molecule has 1 aromatic rings. The molecule has 2 heterocycles. The second kappa shape index (κ2) is 6.21. The van der Waals surface area contributed by atoms with Crippen LogP contribution in [0.25, 0.3) is 0 Å². The molecule has 0 N–H and O–H groups in total. The number of carbonyl (C=O) groups excluding carboxylic acids is 1. The van der Waals surface area contributed by atoms with Gasteiger partial charge in [0.1, 0.15) is 24.5 Å². The maximum absolute atomic E-state index is 12.3. The number of imidazole rings is 1. The van der Waals surface area contributed by atoms with Gasteiger partial charge in [0.2, 0.25) is 5.91 Å². The first kappa shape index (κ1) is 14.1. The van der Waals surface area contributed by atoms with Crippen LogP contribution < -0.4 is 0 Å². The second-order valence-corrected chi connectivity index (χ2v) is 4.96. The smallest absolute Gasteiger partial charge is 0.242 e. The summed E-state index contributed by atoms with van der Waals surface area (Å²) in [5.41, 5.74) is 0.266. The Kier molecular flexibility index (Phi) is 4.37. The molecule has 0 spiro atoms. The van der Waals surface area contributed by atoms with Crippen LogP contribution in [-0.2, 0) is 11.3 Å². The van der Waals surface area contributed by atoms with E-state index in [0.717, 1.165) is 38.8 Å². The predicted octanol–water partition coefficient (Wildman–Crippen LogP) is 1.34. The Morgan fingerprint density at radius 1 is 1.20 bits per heavy atom. The van der Waals surface area contributed by atoms with Crippen LogP contribution in [0.1, 0.15) is 42.9 Å². The van der Waals surface area contributed by atoms with Crippen LogP contribution in [0.2, 0.25) is 0 Å². The Morgan fingerprint density at radius 3 is 2.40 bits per heavy atom. The quantitative estimate of drug-likeness (QED) is 0.812. The second-order valence-electron chi connectivity index (χ2n) is 4.96. The van der Waals surface area contributed by atoms with Gasteiger partial charge in [0.15, 0.2) is 11.4 Å². The summed E-state index contributed by atoms with van der Waals surface area (Å²) in [5.74, 6) is 0.523. The molecule has 104 valence electrons. The summed E-state index contributed by atoms with van der Waals surface area (Å²) >= 11 is 0. The average molecular weight is 271 g/mol. The third kappa shape index (κ3) is 2.80. The van der Waals surface area contributed by atoms with Crippen molar-refractivity contribution in [3.05, 3.63) is 17.2 Å². The highest BCUT2D eigenvalue weighted by Gasteiger charge is 2.20. The molecule has 20 heavy (non-hydrogen) atoms. The largest absolute Gasteiger partial charge is 0.341 e. The van der Waals surface area contributed by atoms with E-state index in [1.54, 1.807) is 6.92 Å². The van der Waals surface area contributed by atoms with Gasteiger partial charge >= 0.3 is 0 Å². The summed E-state index contributed by atoms with van der Waals surface area (Å²) in [6, 6.07) is 3.85. The number of aromatic nitrogens is 2. The van der Waals surface area contributed by atoms with Gasteiger partial charge in [0.25, 0.3) is 0 Å². The van der Waals surface area contributed by atoms with Crippen molar-refractivity contribution in [2.45, 2.75) is 39.2 Å². The van der Waals surface area contributed by atoms with Crippen molar-refractivity contribution in [3.63, 3.8) is 0 Å². The van der Waals surface area contributed by atoms with Crippen LogP contribution in [0.4, 0.5) is 0 Å². The van der Waals surface area contributed by atoms with Gasteiger partial charge < -0.3 is 9.47 Å². The molecule has 2 rings (SSSR count). The Balaban J connectivity index is 2.17. The maximum Gasteiger partial charge on any atom is 0.242 e. The van der Waals surface area contributed by atoms with Crippen molar-refractivity contribution >= 4 is 5.91 Å². The molecule has 0 unspecified atom stereocenters. The number of aryl methyl sites for hydroxylation is 1.